The van der Waals surface area contributed by atoms with Crippen LogP contribution < -0.4 is 19.5 Å². The highest BCUT2D eigenvalue weighted by molar-refractivity contribution is 7.89. The largest absolute Gasteiger partial charge is 0.454 e. The molecular weight excluding hydrogens is 435 g/mol. The molecule has 2 aromatic carbocycles. The first-order chi connectivity index (χ1) is 14.0. The van der Waals surface area contributed by atoms with Crippen molar-refractivity contribution in [2.24, 2.45) is 0 Å². The number of fused-ring (bicyclic) bond motifs is 1. The molecular formula is C16H12F3N3O7S. The van der Waals surface area contributed by atoms with E-state index in [0.29, 0.717) is 0 Å². The molecule has 0 saturated heterocycles. The van der Waals surface area contributed by atoms with Gasteiger partial charge in [0.15, 0.2) is 11.5 Å². The second kappa shape index (κ2) is 7.79. The van der Waals surface area contributed by atoms with E-state index in [4.69, 9.17) is 9.47 Å². The first kappa shape index (κ1) is 21.3. The van der Waals surface area contributed by atoms with Gasteiger partial charge in [0.25, 0.3) is 11.6 Å². The van der Waals surface area contributed by atoms with Crippen molar-refractivity contribution in [3.05, 3.63) is 52.1 Å². The van der Waals surface area contributed by atoms with Crippen molar-refractivity contribution in [3.8, 4) is 11.5 Å². The van der Waals surface area contributed by atoms with Crippen LogP contribution in [0.3, 0.4) is 0 Å². The van der Waals surface area contributed by atoms with E-state index in [1.54, 1.807) is 0 Å². The number of ether oxygens (including phenoxy) is 2. The summed E-state index contributed by atoms with van der Waals surface area (Å²) in [4.78, 5) is 22.5. The number of carbonyl (C=O) groups is 1. The van der Waals surface area contributed by atoms with E-state index in [1.807, 2.05) is 0 Å². The number of alkyl halides is 3. The van der Waals surface area contributed by atoms with Gasteiger partial charge in [-0.1, -0.05) is 0 Å². The second-order valence-electron chi connectivity index (χ2n) is 5.90. The van der Waals surface area contributed by atoms with Gasteiger partial charge in [0, 0.05) is 11.8 Å². The summed E-state index contributed by atoms with van der Waals surface area (Å²) >= 11 is 0. The maximum atomic E-state index is 12.5. The van der Waals surface area contributed by atoms with Gasteiger partial charge < -0.3 is 14.8 Å². The predicted molar refractivity (Wildman–Crippen MR) is 94.9 cm³/mol. The van der Waals surface area contributed by atoms with E-state index < -0.39 is 44.2 Å². The van der Waals surface area contributed by atoms with E-state index in [-0.39, 0.29) is 29.5 Å². The zero-order chi connectivity index (χ0) is 22.1. The first-order valence-corrected chi connectivity index (χ1v) is 9.50. The second-order valence-corrected chi connectivity index (χ2v) is 7.66. The number of nitro benzene ring substituents is 1. The van der Waals surface area contributed by atoms with Crippen LogP contribution in [0.15, 0.2) is 41.3 Å². The van der Waals surface area contributed by atoms with Crippen LogP contribution in [0.1, 0.15) is 10.4 Å². The van der Waals surface area contributed by atoms with Gasteiger partial charge in [0.05, 0.1) is 15.9 Å². The van der Waals surface area contributed by atoms with Crippen molar-refractivity contribution in [2.75, 3.05) is 18.7 Å². The summed E-state index contributed by atoms with van der Waals surface area (Å²) in [7, 11) is -4.42. The fourth-order valence-corrected chi connectivity index (χ4v) is 3.45. The number of nitro groups is 1. The van der Waals surface area contributed by atoms with Crippen LogP contribution in [0.2, 0.25) is 0 Å². The molecule has 0 bridgehead atoms. The molecule has 160 valence electrons. The van der Waals surface area contributed by atoms with E-state index in [0.717, 1.165) is 36.4 Å². The highest BCUT2D eigenvalue weighted by Gasteiger charge is 2.30. The quantitative estimate of drug-likeness (QED) is 0.513. The topological polar surface area (TPSA) is 137 Å². The maximum absolute atomic E-state index is 12.5. The Labute approximate surface area is 166 Å². The zero-order valence-electron chi connectivity index (χ0n) is 14.7. The van der Waals surface area contributed by atoms with E-state index >= 15 is 0 Å². The molecule has 1 heterocycles. The number of hydrogen-bond donors (Lipinski definition) is 2. The summed E-state index contributed by atoms with van der Waals surface area (Å²) in [5, 5.41) is 13.6. The van der Waals surface area contributed by atoms with Gasteiger partial charge in [-0.15, -0.1) is 0 Å². The van der Waals surface area contributed by atoms with Crippen molar-refractivity contribution in [2.45, 2.75) is 11.1 Å². The molecule has 1 aliphatic heterocycles. The van der Waals surface area contributed by atoms with Gasteiger partial charge in [-0.3, -0.25) is 14.9 Å². The summed E-state index contributed by atoms with van der Waals surface area (Å²) < 4.78 is 71.9. The standard InChI is InChI=1S/C16H12F3N3O7S/c17-16(18,19)7-20-30(26,27)10-3-1-9(2-4-10)21-15(23)11-5-13-14(29-8-28-13)6-12(11)22(24)25/h1-6,20H,7-8H2,(H,21,23). The Balaban J connectivity index is 1.78. The van der Waals surface area contributed by atoms with Crippen LogP contribution in [0.5, 0.6) is 11.5 Å². The van der Waals surface area contributed by atoms with Crippen LogP contribution in [0.25, 0.3) is 0 Å². The van der Waals surface area contributed by atoms with E-state index in [9.17, 15) is 36.5 Å². The van der Waals surface area contributed by atoms with Crippen molar-refractivity contribution in [1.29, 1.82) is 0 Å². The zero-order valence-corrected chi connectivity index (χ0v) is 15.5. The van der Waals surface area contributed by atoms with E-state index in [2.05, 4.69) is 5.32 Å². The molecule has 0 unspecified atom stereocenters. The van der Waals surface area contributed by atoms with Crippen LogP contribution in [0, 0.1) is 10.1 Å². The van der Waals surface area contributed by atoms with Crippen molar-refractivity contribution in [1.82, 2.24) is 4.72 Å². The summed E-state index contributed by atoms with van der Waals surface area (Å²) in [5.74, 6) is -0.632. The minimum Gasteiger partial charge on any atom is -0.454 e. The minimum atomic E-state index is -4.72. The third kappa shape index (κ3) is 4.77. The lowest BCUT2D eigenvalue weighted by Crippen LogP contribution is -2.33. The van der Waals surface area contributed by atoms with Gasteiger partial charge in [-0.2, -0.15) is 13.2 Å². The lowest BCUT2D eigenvalue weighted by molar-refractivity contribution is -0.385. The molecule has 10 nitrogen and oxygen atoms in total. The molecule has 3 rings (SSSR count). The van der Waals surface area contributed by atoms with E-state index in [1.165, 1.54) is 4.72 Å². The molecule has 0 aliphatic carbocycles. The fourth-order valence-electron chi connectivity index (χ4n) is 2.44. The van der Waals surface area contributed by atoms with Gasteiger partial charge >= 0.3 is 6.18 Å². The summed E-state index contributed by atoms with van der Waals surface area (Å²) in [5.41, 5.74) is -0.804. The molecule has 1 amide bonds. The molecule has 0 atom stereocenters. The first-order valence-electron chi connectivity index (χ1n) is 8.02. The molecule has 1 aliphatic rings. The summed E-state index contributed by atoms with van der Waals surface area (Å²) in [6, 6.07) is 6.37. The molecule has 0 fully saturated rings. The van der Waals surface area contributed by atoms with Gasteiger partial charge in [-0.25, -0.2) is 13.1 Å². The molecule has 2 aromatic rings. The predicted octanol–water partition coefficient (Wildman–Crippen LogP) is 2.42. The third-order valence-corrected chi connectivity index (χ3v) is 5.23. The number of benzene rings is 2. The lowest BCUT2D eigenvalue weighted by atomic mass is 10.1. The smallest absolute Gasteiger partial charge is 0.402 e. The Morgan fingerprint density at radius 2 is 1.73 bits per heavy atom. The highest BCUT2D eigenvalue weighted by atomic mass is 32.2. The van der Waals surface area contributed by atoms with Crippen LogP contribution in [-0.4, -0.2) is 38.8 Å². The fraction of sp³-hybridized carbons (Fsp3) is 0.188. The Kier molecular flexibility index (Phi) is 5.54. The van der Waals surface area contributed by atoms with Gasteiger partial charge in [0.1, 0.15) is 12.1 Å². The molecule has 2 N–H and O–H groups in total. The average Bonchev–Trinajstić information content (AvgIpc) is 3.13. The number of hydrogen-bond acceptors (Lipinski definition) is 7. The molecule has 0 saturated carbocycles. The molecule has 0 radical (unpaired) electrons. The monoisotopic (exact) mass is 447 g/mol. The number of carbonyl (C=O) groups excluding carboxylic acids is 1. The SMILES string of the molecule is O=C(Nc1ccc(S(=O)(=O)NCC(F)(F)F)cc1)c1cc2c(cc1[N+](=O)[O-])OCO2. The Hall–Kier alpha value is -3.39. The molecule has 0 spiro atoms. The van der Waals surface area contributed by atoms with Crippen molar-refractivity contribution < 1.29 is 40.8 Å². The van der Waals surface area contributed by atoms with Crippen molar-refractivity contribution >= 4 is 27.3 Å². The number of sulfonamides is 1. The summed E-state index contributed by atoms with van der Waals surface area (Å²) in [6.45, 7) is -1.89. The lowest BCUT2D eigenvalue weighted by Gasteiger charge is -2.10. The normalized spacial score (nSPS) is 13.2. The van der Waals surface area contributed by atoms with Crippen LogP contribution in [0.4, 0.5) is 24.5 Å². The molecule has 14 heteroatoms. The van der Waals surface area contributed by atoms with Gasteiger partial charge in [0.2, 0.25) is 16.8 Å². The molecule has 30 heavy (non-hydrogen) atoms. The van der Waals surface area contributed by atoms with Crippen molar-refractivity contribution in [3.63, 3.8) is 0 Å². The number of amides is 1. The average molecular weight is 447 g/mol. The summed E-state index contributed by atoms with van der Waals surface area (Å²) in [6.07, 6.45) is -4.72. The highest BCUT2D eigenvalue weighted by Crippen LogP contribution is 2.38. The Bertz CT molecular complexity index is 1100. The van der Waals surface area contributed by atoms with Crippen LogP contribution in [-0.2, 0) is 10.0 Å². The number of anilines is 1. The van der Waals surface area contributed by atoms with Crippen LogP contribution >= 0.6 is 0 Å². The third-order valence-electron chi connectivity index (χ3n) is 3.82. The molecule has 0 aromatic heterocycles. The minimum absolute atomic E-state index is 0.0572. The Morgan fingerprint density at radius 1 is 1.13 bits per heavy atom. The number of halogens is 3. The number of rotatable bonds is 6. The number of nitrogens with zero attached hydrogens (tertiary/aromatic N) is 1. The Morgan fingerprint density at radius 3 is 2.30 bits per heavy atom. The number of nitrogens with one attached hydrogen (secondary N) is 2. The maximum Gasteiger partial charge on any atom is 0.402 e. The van der Waals surface area contributed by atoms with Gasteiger partial charge in [-0.05, 0) is 24.3 Å².